The normalized spacial score (nSPS) is 11.9. The number of amides is 1. The summed E-state index contributed by atoms with van der Waals surface area (Å²) in [5, 5.41) is -0.848. The van der Waals surface area contributed by atoms with E-state index in [9.17, 15) is 30.8 Å². The Hall–Kier alpha value is -2.33. The van der Waals surface area contributed by atoms with Crippen LogP contribution < -0.4 is 4.84 Å². The molecule has 27 heavy (non-hydrogen) atoms. The van der Waals surface area contributed by atoms with Crippen molar-refractivity contribution in [2.24, 2.45) is 0 Å². The van der Waals surface area contributed by atoms with Crippen molar-refractivity contribution < 1.29 is 35.6 Å². The Morgan fingerprint density at radius 3 is 2.26 bits per heavy atom. The Balaban J connectivity index is 2.50. The molecule has 2 aromatic carbocycles. The Morgan fingerprint density at radius 2 is 1.78 bits per heavy atom. The molecule has 0 fully saturated rings. The first-order valence-corrected chi connectivity index (χ1v) is 9.32. The summed E-state index contributed by atoms with van der Waals surface area (Å²) < 4.78 is 76.6. The summed E-state index contributed by atoms with van der Waals surface area (Å²) in [6.45, 7) is 1.20. The average molecular weight is 426 g/mol. The van der Waals surface area contributed by atoms with Crippen molar-refractivity contribution in [1.82, 2.24) is 4.47 Å². The largest absolute Gasteiger partial charge is 0.416 e. The summed E-state index contributed by atoms with van der Waals surface area (Å²) in [5.41, 5.74) is -1.49. The second-order valence-corrected chi connectivity index (χ2v) is 7.64. The van der Waals surface area contributed by atoms with Gasteiger partial charge in [0.1, 0.15) is 0 Å². The number of halogens is 5. The maximum Gasteiger partial charge on any atom is 0.416 e. The van der Waals surface area contributed by atoms with E-state index in [4.69, 9.17) is 16.4 Å². The van der Waals surface area contributed by atoms with Gasteiger partial charge in [-0.25, -0.2) is 12.8 Å². The number of carbonyl (C=O) groups is 1. The molecular formula is C16H12ClF4NO4S. The second-order valence-electron chi connectivity index (χ2n) is 5.16. The van der Waals surface area contributed by atoms with Crippen molar-refractivity contribution in [2.45, 2.75) is 13.1 Å². The molecule has 0 N–H and O–H groups in total. The number of hydroxylamine groups is 1. The van der Waals surface area contributed by atoms with Crippen molar-refractivity contribution in [3.05, 3.63) is 64.4 Å². The van der Waals surface area contributed by atoms with Crippen LogP contribution in [0.5, 0.6) is 5.75 Å². The predicted molar refractivity (Wildman–Crippen MR) is 89.1 cm³/mol. The van der Waals surface area contributed by atoms with Gasteiger partial charge in [-0.3, -0.25) is 4.79 Å². The van der Waals surface area contributed by atoms with Crippen molar-refractivity contribution in [3.63, 3.8) is 0 Å². The highest BCUT2D eigenvalue weighted by atomic mass is 35.5. The number of nitrogens with zero attached hydrogens (tertiary/aromatic N) is 1. The van der Waals surface area contributed by atoms with Crippen molar-refractivity contribution in [1.29, 1.82) is 0 Å². The molecule has 0 unspecified atom stereocenters. The van der Waals surface area contributed by atoms with Gasteiger partial charge in [-0.2, -0.15) is 13.2 Å². The number of sulfonamides is 1. The molecule has 0 saturated carbocycles. The van der Waals surface area contributed by atoms with Gasteiger partial charge in [0.15, 0.2) is 5.82 Å². The molecule has 2 aromatic rings. The second kappa shape index (κ2) is 7.73. The van der Waals surface area contributed by atoms with E-state index in [1.807, 2.05) is 0 Å². The van der Waals surface area contributed by atoms with Crippen LogP contribution in [0, 0.1) is 5.82 Å². The minimum atomic E-state index is -4.88. The van der Waals surface area contributed by atoms with Crippen LogP contribution in [0.1, 0.15) is 22.8 Å². The first-order chi connectivity index (χ1) is 12.5. The molecule has 0 aliphatic heterocycles. The van der Waals surface area contributed by atoms with Crippen LogP contribution >= 0.6 is 11.6 Å². The molecule has 11 heteroatoms. The van der Waals surface area contributed by atoms with Crippen LogP contribution in [0.15, 0.2) is 42.5 Å². The van der Waals surface area contributed by atoms with Crippen LogP contribution in [-0.4, -0.2) is 24.5 Å². The molecule has 0 saturated heterocycles. The van der Waals surface area contributed by atoms with E-state index in [-0.39, 0.29) is 16.1 Å². The lowest BCUT2D eigenvalue weighted by molar-refractivity contribution is -0.137. The lowest BCUT2D eigenvalue weighted by atomic mass is 10.2. The molecule has 1 amide bonds. The summed E-state index contributed by atoms with van der Waals surface area (Å²) >= 11 is 5.63. The van der Waals surface area contributed by atoms with Gasteiger partial charge in [-0.05, 0) is 31.2 Å². The molecule has 0 atom stereocenters. The van der Waals surface area contributed by atoms with E-state index in [1.54, 1.807) is 6.07 Å². The minimum Gasteiger partial charge on any atom is -0.357 e. The summed E-state index contributed by atoms with van der Waals surface area (Å²) in [7, 11) is -4.36. The van der Waals surface area contributed by atoms with Gasteiger partial charge in [0.25, 0.3) is 10.0 Å². The van der Waals surface area contributed by atoms with Gasteiger partial charge >= 0.3 is 12.1 Å². The van der Waals surface area contributed by atoms with Crippen LogP contribution in [0.2, 0.25) is 5.02 Å². The van der Waals surface area contributed by atoms with Crippen LogP contribution in [0.25, 0.3) is 0 Å². The third-order valence-electron chi connectivity index (χ3n) is 3.30. The summed E-state index contributed by atoms with van der Waals surface area (Å²) in [6, 6.07) is 7.51. The van der Waals surface area contributed by atoms with E-state index in [0.717, 1.165) is 0 Å². The van der Waals surface area contributed by atoms with Gasteiger partial charge in [0.2, 0.25) is 5.75 Å². The fourth-order valence-electron chi connectivity index (χ4n) is 1.92. The fourth-order valence-corrected chi connectivity index (χ4v) is 2.94. The molecule has 0 aliphatic rings. The quantitative estimate of drug-likeness (QED) is 0.529. The number of hydrogen-bond donors (Lipinski definition) is 0. The fraction of sp³-hybridized carbons (Fsp3) is 0.188. The minimum absolute atomic E-state index is 0.0882. The molecular weight excluding hydrogens is 414 g/mol. The maximum atomic E-state index is 14.1. The molecule has 146 valence electrons. The standard InChI is InChI=1S/C16H12ClF4NO4S/c1-2-27(24,25)22(15(23)10-6-4-3-5-7-10)26-14-12(17)8-11(9-13(14)18)16(19,20)21/h3-9H,2H2,1H3. The van der Waals surface area contributed by atoms with E-state index in [2.05, 4.69) is 0 Å². The van der Waals surface area contributed by atoms with Gasteiger partial charge < -0.3 is 4.84 Å². The summed E-state index contributed by atoms with van der Waals surface area (Å²) in [4.78, 5) is 17.3. The number of rotatable bonds is 5. The third kappa shape index (κ3) is 4.69. The zero-order valence-electron chi connectivity index (χ0n) is 13.6. The zero-order chi connectivity index (χ0) is 20.4. The third-order valence-corrected chi connectivity index (χ3v) is 5.06. The van der Waals surface area contributed by atoms with E-state index in [1.165, 1.54) is 31.2 Å². The average Bonchev–Trinajstić information content (AvgIpc) is 2.60. The van der Waals surface area contributed by atoms with Crippen molar-refractivity contribution in [3.8, 4) is 5.75 Å². The SMILES string of the molecule is CCS(=O)(=O)N(Oc1c(F)cc(C(F)(F)F)cc1Cl)C(=O)c1ccccc1. The smallest absolute Gasteiger partial charge is 0.357 e. The summed E-state index contributed by atoms with van der Waals surface area (Å²) in [5.74, 6) is -4.35. The van der Waals surface area contributed by atoms with Gasteiger partial charge in [0.05, 0.1) is 16.3 Å². The lowest BCUT2D eigenvalue weighted by Crippen LogP contribution is -2.41. The first kappa shape index (κ1) is 21.0. The van der Waals surface area contributed by atoms with E-state index < -0.39 is 50.0 Å². The topological polar surface area (TPSA) is 63.7 Å². The lowest BCUT2D eigenvalue weighted by Gasteiger charge is -2.22. The molecule has 0 aliphatic carbocycles. The van der Waals surface area contributed by atoms with Gasteiger partial charge in [-0.1, -0.05) is 34.3 Å². The van der Waals surface area contributed by atoms with Crippen molar-refractivity contribution in [2.75, 3.05) is 5.75 Å². The molecule has 0 heterocycles. The Kier molecular flexibility index (Phi) is 6.01. The van der Waals surface area contributed by atoms with Crippen LogP contribution in [-0.2, 0) is 16.2 Å². The predicted octanol–water partition coefficient (Wildman–Crippen LogP) is 4.28. The van der Waals surface area contributed by atoms with E-state index in [0.29, 0.717) is 6.07 Å². The maximum absolute atomic E-state index is 14.1. The zero-order valence-corrected chi connectivity index (χ0v) is 15.2. The highest BCUT2D eigenvalue weighted by Gasteiger charge is 2.35. The Morgan fingerprint density at radius 1 is 1.19 bits per heavy atom. The highest BCUT2D eigenvalue weighted by molar-refractivity contribution is 7.89. The van der Waals surface area contributed by atoms with Crippen molar-refractivity contribution >= 4 is 27.5 Å². The molecule has 5 nitrogen and oxygen atoms in total. The Labute approximate surface area is 157 Å². The number of benzene rings is 2. The Bertz CT molecular complexity index is 926. The number of alkyl halides is 3. The summed E-state index contributed by atoms with van der Waals surface area (Å²) in [6.07, 6.45) is -4.88. The number of carbonyl (C=O) groups excluding carboxylic acids is 1. The molecule has 0 radical (unpaired) electrons. The molecule has 0 aromatic heterocycles. The molecule has 0 spiro atoms. The monoisotopic (exact) mass is 425 g/mol. The first-order valence-electron chi connectivity index (χ1n) is 7.34. The molecule has 2 rings (SSSR count). The molecule has 0 bridgehead atoms. The highest BCUT2D eigenvalue weighted by Crippen LogP contribution is 2.37. The van der Waals surface area contributed by atoms with E-state index >= 15 is 0 Å². The number of hydrogen-bond acceptors (Lipinski definition) is 4. The van der Waals surface area contributed by atoms with Crippen LogP contribution in [0.3, 0.4) is 0 Å². The van der Waals surface area contributed by atoms with Crippen LogP contribution in [0.4, 0.5) is 17.6 Å². The van der Waals surface area contributed by atoms with Gasteiger partial charge in [-0.15, -0.1) is 0 Å². The van der Waals surface area contributed by atoms with Gasteiger partial charge in [0, 0.05) is 5.56 Å².